The van der Waals surface area contributed by atoms with Crippen LogP contribution in [-0.2, 0) is 20.8 Å². The van der Waals surface area contributed by atoms with Crippen LogP contribution < -0.4 is 5.32 Å². The summed E-state index contributed by atoms with van der Waals surface area (Å²) < 4.78 is 1.83. The van der Waals surface area contributed by atoms with Crippen LogP contribution in [0.3, 0.4) is 0 Å². The fourth-order valence-corrected chi connectivity index (χ4v) is 5.35. The quantitative estimate of drug-likeness (QED) is 0.490. The normalized spacial score (nSPS) is 19.3. The molecule has 2 saturated heterocycles. The highest BCUT2D eigenvalue weighted by Gasteiger charge is 2.52. The number of ketones is 1. The maximum atomic E-state index is 13.6. The van der Waals surface area contributed by atoms with E-state index in [1.54, 1.807) is 52.9 Å². The van der Waals surface area contributed by atoms with Crippen molar-refractivity contribution in [3.8, 4) is 5.69 Å². The molecular weight excluding hydrogens is 484 g/mol. The standard InChI is InChI=1S/C28H30N6O4/c1-2-4-22(31-27(37)20-6-8-21(9-7-20)32-14-12-30-18-32)28(38)33-13-10-23-26(33)24(35)17-34(23)25(36)15-19-5-3-11-29-16-19/h3,5-9,11-12,14,16,18,22-23,26H,2,4,10,13,15,17H2,1H3,(H,31,37). The van der Waals surface area contributed by atoms with Crippen molar-refractivity contribution < 1.29 is 19.2 Å². The molecular formula is C28H30N6O4. The third kappa shape index (κ3) is 5.06. The Hall–Kier alpha value is -4.34. The first-order chi connectivity index (χ1) is 18.5. The van der Waals surface area contributed by atoms with E-state index in [2.05, 4.69) is 15.3 Å². The number of fused-ring (bicyclic) bond motifs is 1. The number of likely N-dealkylation sites (tertiary alicyclic amines) is 2. The van der Waals surface area contributed by atoms with Crippen molar-refractivity contribution in [1.29, 1.82) is 0 Å². The van der Waals surface area contributed by atoms with Crippen LogP contribution >= 0.6 is 0 Å². The van der Waals surface area contributed by atoms with Crippen LogP contribution in [0.25, 0.3) is 5.69 Å². The molecule has 4 heterocycles. The van der Waals surface area contributed by atoms with Gasteiger partial charge >= 0.3 is 0 Å². The van der Waals surface area contributed by atoms with Crippen LogP contribution in [0.1, 0.15) is 42.1 Å². The smallest absolute Gasteiger partial charge is 0.251 e. The van der Waals surface area contributed by atoms with E-state index in [1.165, 1.54) is 0 Å². The predicted molar refractivity (Wildman–Crippen MR) is 138 cm³/mol. The fraction of sp³-hybridized carbons (Fsp3) is 0.357. The maximum absolute atomic E-state index is 13.6. The molecule has 2 aliphatic heterocycles. The van der Waals surface area contributed by atoms with Crippen molar-refractivity contribution in [2.45, 2.75) is 50.7 Å². The first kappa shape index (κ1) is 25.3. The highest BCUT2D eigenvalue weighted by Crippen LogP contribution is 2.31. The zero-order chi connectivity index (χ0) is 26.6. The second-order valence-electron chi connectivity index (χ2n) is 9.69. The minimum absolute atomic E-state index is 0.00766. The van der Waals surface area contributed by atoms with E-state index in [0.717, 1.165) is 11.3 Å². The van der Waals surface area contributed by atoms with Crippen molar-refractivity contribution in [2.24, 2.45) is 0 Å². The molecule has 3 unspecified atom stereocenters. The largest absolute Gasteiger partial charge is 0.340 e. The molecule has 0 radical (unpaired) electrons. The number of nitrogens with zero attached hydrogens (tertiary/aromatic N) is 5. The summed E-state index contributed by atoms with van der Waals surface area (Å²) >= 11 is 0. The van der Waals surface area contributed by atoms with E-state index >= 15 is 0 Å². The van der Waals surface area contributed by atoms with Gasteiger partial charge in [-0.1, -0.05) is 19.4 Å². The number of carbonyl (C=O) groups excluding carboxylic acids is 4. The number of amides is 3. The van der Waals surface area contributed by atoms with E-state index in [1.807, 2.05) is 35.9 Å². The number of rotatable bonds is 8. The third-order valence-corrected chi connectivity index (χ3v) is 7.22. The molecule has 3 aromatic rings. The van der Waals surface area contributed by atoms with E-state index < -0.39 is 12.1 Å². The number of benzene rings is 1. The van der Waals surface area contributed by atoms with E-state index in [9.17, 15) is 19.2 Å². The zero-order valence-corrected chi connectivity index (χ0v) is 21.2. The summed E-state index contributed by atoms with van der Waals surface area (Å²) in [5.74, 6) is -0.920. The molecule has 10 nitrogen and oxygen atoms in total. The lowest BCUT2D eigenvalue weighted by Crippen LogP contribution is -2.52. The van der Waals surface area contributed by atoms with E-state index in [-0.39, 0.29) is 42.5 Å². The lowest BCUT2D eigenvalue weighted by Gasteiger charge is -2.28. The highest BCUT2D eigenvalue weighted by atomic mass is 16.2. The summed E-state index contributed by atoms with van der Waals surface area (Å²) in [6, 6.07) is 8.86. The summed E-state index contributed by atoms with van der Waals surface area (Å²) in [5.41, 5.74) is 2.08. The molecule has 1 aromatic carbocycles. The number of hydrogen-bond donors (Lipinski definition) is 1. The average molecular weight is 515 g/mol. The first-order valence-electron chi connectivity index (χ1n) is 12.9. The van der Waals surface area contributed by atoms with Crippen LogP contribution in [0, 0.1) is 0 Å². The molecule has 3 atom stereocenters. The van der Waals surface area contributed by atoms with Gasteiger partial charge in [-0.05, 0) is 48.7 Å². The first-order valence-corrected chi connectivity index (χ1v) is 12.9. The second-order valence-corrected chi connectivity index (χ2v) is 9.69. The number of pyridine rings is 1. The molecule has 1 N–H and O–H groups in total. The topological polar surface area (TPSA) is 118 Å². The minimum Gasteiger partial charge on any atom is -0.340 e. The van der Waals surface area contributed by atoms with E-state index in [0.29, 0.717) is 31.4 Å². The highest BCUT2D eigenvalue weighted by molar-refractivity contribution is 6.01. The lowest BCUT2D eigenvalue weighted by molar-refractivity contribution is -0.138. The molecule has 2 aromatic heterocycles. The molecule has 38 heavy (non-hydrogen) atoms. The van der Waals surface area contributed by atoms with Crippen molar-refractivity contribution in [3.63, 3.8) is 0 Å². The molecule has 2 fully saturated rings. The van der Waals surface area contributed by atoms with E-state index in [4.69, 9.17) is 0 Å². The van der Waals surface area contributed by atoms with Crippen LogP contribution in [0.4, 0.5) is 0 Å². The Morgan fingerprint density at radius 1 is 1.08 bits per heavy atom. The minimum atomic E-state index is -0.757. The van der Waals surface area contributed by atoms with Crippen molar-refractivity contribution >= 4 is 23.5 Å². The van der Waals surface area contributed by atoms with Crippen molar-refractivity contribution in [1.82, 2.24) is 29.7 Å². The van der Waals surface area contributed by atoms with Crippen LogP contribution in [0.2, 0.25) is 0 Å². The average Bonchev–Trinajstić information content (AvgIpc) is 3.68. The molecule has 0 aliphatic carbocycles. The molecule has 0 saturated carbocycles. The summed E-state index contributed by atoms with van der Waals surface area (Å²) in [6.07, 6.45) is 10.3. The van der Waals surface area contributed by atoms with Crippen molar-refractivity contribution in [2.75, 3.05) is 13.1 Å². The van der Waals surface area contributed by atoms with Crippen LogP contribution in [0.5, 0.6) is 0 Å². The van der Waals surface area contributed by atoms with Gasteiger partial charge in [0.15, 0.2) is 5.78 Å². The Bertz CT molecular complexity index is 1310. The molecule has 3 amide bonds. The molecule has 0 bridgehead atoms. The van der Waals surface area contributed by atoms with Gasteiger partial charge in [-0.25, -0.2) is 4.98 Å². The fourth-order valence-electron chi connectivity index (χ4n) is 5.35. The number of aromatic nitrogens is 3. The summed E-state index contributed by atoms with van der Waals surface area (Å²) in [5, 5.41) is 2.88. The van der Waals surface area contributed by atoms with Gasteiger partial charge in [0.2, 0.25) is 11.8 Å². The Kier molecular flexibility index (Phi) is 7.30. The molecule has 10 heteroatoms. The SMILES string of the molecule is CCCC(NC(=O)c1ccc(-n2ccnc2)cc1)C(=O)N1CCC2C1C(=O)CN2C(=O)Cc1cccnc1. The Morgan fingerprint density at radius 3 is 2.58 bits per heavy atom. The third-order valence-electron chi connectivity index (χ3n) is 7.22. The van der Waals surface area contributed by atoms with Gasteiger partial charge < -0.3 is 19.7 Å². The Labute approximate surface area is 220 Å². The van der Waals surface area contributed by atoms with Gasteiger partial charge in [0.05, 0.1) is 25.3 Å². The number of imidazole rings is 1. The van der Waals surface area contributed by atoms with Gasteiger partial charge in [0, 0.05) is 42.6 Å². The van der Waals surface area contributed by atoms with Crippen LogP contribution in [-0.4, -0.2) is 79.1 Å². The number of carbonyl (C=O) groups is 4. The summed E-state index contributed by atoms with van der Waals surface area (Å²) in [6.45, 7) is 2.30. The zero-order valence-electron chi connectivity index (χ0n) is 21.2. The Morgan fingerprint density at radius 2 is 1.89 bits per heavy atom. The van der Waals surface area contributed by atoms with Gasteiger partial charge in [0.1, 0.15) is 12.1 Å². The summed E-state index contributed by atoms with van der Waals surface area (Å²) in [4.78, 5) is 63.9. The number of hydrogen-bond acceptors (Lipinski definition) is 6. The van der Waals surface area contributed by atoms with Gasteiger partial charge in [-0.3, -0.25) is 24.2 Å². The molecule has 196 valence electrons. The summed E-state index contributed by atoms with van der Waals surface area (Å²) in [7, 11) is 0. The van der Waals surface area contributed by atoms with Gasteiger partial charge in [-0.2, -0.15) is 0 Å². The Balaban J connectivity index is 1.25. The second kappa shape index (κ2) is 11.0. The number of Topliss-reactive ketones (excluding diaryl/α,β-unsaturated/α-hetero) is 1. The molecule has 0 spiro atoms. The monoisotopic (exact) mass is 514 g/mol. The molecule has 5 rings (SSSR count). The van der Waals surface area contributed by atoms with Crippen LogP contribution in [0.15, 0.2) is 67.5 Å². The maximum Gasteiger partial charge on any atom is 0.251 e. The predicted octanol–water partition coefficient (Wildman–Crippen LogP) is 1.79. The van der Waals surface area contributed by atoms with Gasteiger partial charge in [-0.15, -0.1) is 0 Å². The lowest BCUT2D eigenvalue weighted by atomic mass is 10.1. The van der Waals surface area contributed by atoms with Crippen molar-refractivity contribution in [3.05, 3.63) is 78.6 Å². The van der Waals surface area contributed by atoms with Gasteiger partial charge in [0.25, 0.3) is 5.91 Å². The number of nitrogens with one attached hydrogen (secondary N) is 1. The molecule has 2 aliphatic rings.